The van der Waals surface area contributed by atoms with Crippen LogP contribution in [0.1, 0.15) is 39.5 Å². The molecule has 0 spiro atoms. The van der Waals surface area contributed by atoms with Gasteiger partial charge >= 0.3 is 5.97 Å². The van der Waals surface area contributed by atoms with E-state index in [0.717, 1.165) is 19.6 Å². The molecule has 0 radical (unpaired) electrons. The summed E-state index contributed by atoms with van der Waals surface area (Å²) in [6, 6.07) is -0.409. The molecule has 1 atom stereocenters. The fourth-order valence-electron chi connectivity index (χ4n) is 2.75. The van der Waals surface area contributed by atoms with Crippen molar-refractivity contribution >= 4 is 5.97 Å². The zero-order valence-corrected chi connectivity index (χ0v) is 11.3. The highest BCUT2D eigenvalue weighted by atomic mass is 16.4. The lowest BCUT2D eigenvalue weighted by molar-refractivity contribution is -0.139. The molecular weight excluding hydrogens is 216 g/mol. The van der Waals surface area contributed by atoms with E-state index in [0.29, 0.717) is 11.8 Å². The van der Waals surface area contributed by atoms with Gasteiger partial charge in [-0.25, -0.2) is 0 Å². The zero-order chi connectivity index (χ0) is 12.9. The van der Waals surface area contributed by atoms with Gasteiger partial charge in [0.2, 0.25) is 0 Å². The van der Waals surface area contributed by atoms with Crippen molar-refractivity contribution in [2.75, 3.05) is 26.7 Å². The van der Waals surface area contributed by atoms with Crippen molar-refractivity contribution < 1.29 is 9.90 Å². The maximum absolute atomic E-state index is 10.9. The van der Waals surface area contributed by atoms with Crippen molar-refractivity contribution in [2.24, 2.45) is 5.41 Å². The number of nitrogens with zero attached hydrogens (tertiary/aromatic N) is 1. The third-order valence-electron chi connectivity index (χ3n) is 4.40. The van der Waals surface area contributed by atoms with Crippen LogP contribution in [0.25, 0.3) is 0 Å². The summed E-state index contributed by atoms with van der Waals surface area (Å²) in [4.78, 5) is 13.3. The number of nitrogens with one attached hydrogen (secondary N) is 1. The lowest BCUT2D eigenvalue weighted by Gasteiger charge is -2.26. The number of likely N-dealkylation sites (N-methyl/N-ethyl adjacent to an activating group) is 1. The van der Waals surface area contributed by atoms with Gasteiger partial charge in [-0.1, -0.05) is 13.8 Å². The molecule has 4 heteroatoms. The molecule has 1 aliphatic heterocycles. The van der Waals surface area contributed by atoms with Gasteiger partial charge in [0.05, 0.1) is 0 Å². The van der Waals surface area contributed by atoms with E-state index in [1.807, 2.05) is 0 Å². The second-order valence-electron chi connectivity index (χ2n) is 5.20. The van der Waals surface area contributed by atoms with E-state index in [1.54, 1.807) is 7.05 Å². The SMILES string of the molecule is CCC1(CC)CCN(CCC(NC)C(=O)O)C1. The van der Waals surface area contributed by atoms with Crippen LogP contribution in [0.3, 0.4) is 0 Å². The Morgan fingerprint density at radius 1 is 1.47 bits per heavy atom. The first-order chi connectivity index (χ1) is 8.06. The predicted molar refractivity (Wildman–Crippen MR) is 69.2 cm³/mol. The molecule has 0 amide bonds. The molecule has 0 aromatic carbocycles. The van der Waals surface area contributed by atoms with Crippen molar-refractivity contribution in [3.05, 3.63) is 0 Å². The van der Waals surface area contributed by atoms with Gasteiger partial charge in [0.15, 0.2) is 0 Å². The maximum atomic E-state index is 10.9. The first kappa shape index (κ1) is 14.5. The van der Waals surface area contributed by atoms with Gasteiger partial charge in [-0.15, -0.1) is 0 Å². The highest BCUT2D eigenvalue weighted by Crippen LogP contribution is 2.36. The summed E-state index contributed by atoms with van der Waals surface area (Å²) < 4.78 is 0. The van der Waals surface area contributed by atoms with Gasteiger partial charge in [-0.3, -0.25) is 4.79 Å². The van der Waals surface area contributed by atoms with Crippen molar-refractivity contribution in [3.8, 4) is 0 Å². The number of carbonyl (C=O) groups is 1. The summed E-state index contributed by atoms with van der Waals surface area (Å²) in [5.74, 6) is -0.746. The molecule has 1 fully saturated rings. The molecular formula is C13H26N2O2. The maximum Gasteiger partial charge on any atom is 0.320 e. The number of carboxylic acids is 1. The predicted octanol–water partition coefficient (Wildman–Crippen LogP) is 1.56. The number of likely N-dealkylation sites (tertiary alicyclic amines) is 1. The third-order valence-corrected chi connectivity index (χ3v) is 4.40. The van der Waals surface area contributed by atoms with Crippen molar-refractivity contribution in [1.29, 1.82) is 0 Å². The average molecular weight is 242 g/mol. The fourth-order valence-corrected chi connectivity index (χ4v) is 2.75. The lowest BCUT2D eigenvalue weighted by Crippen LogP contribution is -2.38. The lowest BCUT2D eigenvalue weighted by atomic mass is 9.82. The quantitative estimate of drug-likeness (QED) is 0.711. The highest BCUT2D eigenvalue weighted by Gasteiger charge is 2.34. The van der Waals surface area contributed by atoms with Crippen LogP contribution in [-0.4, -0.2) is 48.7 Å². The van der Waals surface area contributed by atoms with Gasteiger partial charge in [0, 0.05) is 13.1 Å². The van der Waals surface area contributed by atoms with Crippen LogP contribution >= 0.6 is 0 Å². The number of hydrogen-bond donors (Lipinski definition) is 2. The molecule has 1 rings (SSSR count). The van der Waals surface area contributed by atoms with E-state index in [2.05, 4.69) is 24.1 Å². The number of rotatable bonds is 7. The molecule has 4 nitrogen and oxygen atoms in total. The molecule has 0 bridgehead atoms. The van der Waals surface area contributed by atoms with Crippen molar-refractivity contribution in [2.45, 2.75) is 45.6 Å². The smallest absolute Gasteiger partial charge is 0.320 e. The van der Waals surface area contributed by atoms with Crippen LogP contribution in [0.2, 0.25) is 0 Å². The third kappa shape index (κ3) is 3.68. The molecule has 0 aromatic rings. The minimum atomic E-state index is -0.746. The second kappa shape index (κ2) is 6.36. The largest absolute Gasteiger partial charge is 0.480 e. The Balaban J connectivity index is 2.37. The van der Waals surface area contributed by atoms with E-state index < -0.39 is 12.0 Å². The molecule has 1 unspecified atom stereocenters. The first-order valence-corrected chi connectivity index (χ1v) is 6.69. The van der Waals surface area contributed by atoms with Gasteiger partial charge in [0.1, 0.15) is 6.04 Å². The summed E-state index contributed by atoms with van der Waals surface area (Å²) in [5.41, 5.74) is 0.484. The molecule has 1 heterocycles. The van der Waals surface area contributed by atoms with Crippen LogP contribution < -0.4 is 5.32 Å². The molecule has 17 heavy (non-hydrogen) atoms. The number of carboxylic acid groups (broad SMARTS) is 1. The van der Waals surface area contributed by atoms with Crippen LogP contribution in [0.5, 0.6) is 0 Å². The van der Waals surface area contributed by atoms with Crippen LogP contribution in [0.4, 0.5) is 0 Å². The summed E-state index contributed by atoms with van der Waals surface area (Å²) in [6.07, 6.45) is 4.41. The summed E-state index contributed by atoms with van der Waals surface area (Å²) in [6.45, 7) is 7.68. The summed E-state index contributed by atoms with van der Waals surface area (Å²) >= 11 is 0. The Morgan fingerprint density at radius 2 is 2.12 bits per heavy atom. The average Bonchev–Trinajstić information content (AvgIpc) is 2.74. The van der Waals surface area contributed by atoms with Crippen molar-refractivity contribution in [3.63, 3.8) is 0 Å². The minimum Gasteiger partial charge on any atom is -0.480 e. The summed E-state index contributed by atoms with van der Waals surface area (Å²) in [5, 5.41) is 11.8. The molecule has 1 saturated heterocycles. The Labute approximate surface area is 104 Å². The highest BCUT2D eigenvalue weighted by molar-refractivity contribution is 5.73. The number of aliphatic carboxylic acids is 1. The molecule has 100 valence electrons. The Kier molecular flexibility index (Phi) is 5.40. The molecule has 0 saturated carbocycles. The van der Waals surface area contributed by atoms with Gasteiger partial charge in [0.25, 0.3) is 0 Å². The first-order valence-electron chi connectivity index (χ1n) is 6.69. The summed E-state index contributed by atoms with van der Waals surface area (Å²) in [7, 11) is 1.71. The minimum absolute atomic E-state index is 0.409. The second-order valence-corrected chi connectivity index (χ2v) is 5.20. The Morgan fingerprint density at radius 3 is 2.53 bits per heavy atom. The molecule has 0 aliphatic carbocycles. The van der Waals surface area contributed by atoms with Gasteiger partial charge in [-0.05, 0) is 44.7 Å². The Hall–Kier alpha value is -0.610. The zero-order valence-electron chi connectivity index (χ0n) is 11.3. The fraction of sp³-hybridized carbons (Fsp3) is 0.923. The van der Waals surface area contributed by atoms with E-state index >= 15 is 0 Å². The van der Waals surface area contributed by atoms with Crippen LogP contribution in [0, 0.1) is 5.41 Å². The number of hydrogen-bond acceptors (Lipinski definition) is 3. The monoisotopic (exact) mass is 242 g/mol. The van der Waals surface area contributed by atoms with E-state index in [4.69, 9.17) is 5.11 Å². The molecule has 1 aliphatic rings. The van der Waals surface area contributed by atoms with Gasteiger partial charge < -0.3 is 15.3 Å². The van der Waals surface area contributed by atoms with Crippen LogP contribution in [-0.2, 0) is 4.79 Å². The molecule has 2 N–H and O–H groups in total. The van der Waals surface area contributed by atoms with E-state index in [9.17, 15) is 4.79 Å². The van der Waals surface area contributed by atoms with Gasteiger partial charge in [-0.2, -0.15) is 0 Å². The normalized spacial score (nSPS) is 21.6. The van der Waals surface area contributed by atoms with Crippen LogP contribution in [0.15, 0.2) is 0 Å². The molecule has 0 aromatic heterocycles. The Bertz CT molecular complexity index is 252. The topological polar surface area (TPSA) is 52.6 Å². The standard InChI is InChI=1S/C13H26N2O2/c1-4-13(5-2)7-9-15(10-13)8-6-11(14-3)12(16)17/h11,14H,4-10H2,1-3H3,(H,16,17). The van der Waals surface area contributed by atoms with E-state index in [1.165, 1.54) is 19.3 Å². The van der Waals surface area contributed by atoms with Crippen molar-refractivity contribution in [1.82, 2.24) is 10.2 Å². The van der Waals surface area contributed by atoms with E-state index in [-0.39, 0.29) is 0 Å².